The second-order valence-electron chi connectivity index (χ2n) is 5.43. The lowest BCUT2D eigenvalue weighted by Crippen LogP contribution is -1.95. The lowest BCUT2D eigenvalue weighted by atomic mass is 10.2. The van der Waals surface area contributed by atoms with E-state index in [-0.39, 0.29) is 0 Å². The fourth-order valence-electron chi connectivity index (χ4n) is 2.44. The lowest BCUT2D eigenvalue weighted by Gasteiger charge is -2.06. The van der Waals surface area contributed by atoms with Gasteiger partial charge in [-0.25, -0.2) is 14.6 Å². The van der Waals surface area contributed by atoms with Crippen LogP contribution in [0, 0.1) is 0 Å². The Balaban J connectivity index is 1.59. The second kappa shape index (κ2) is 6.75. The van der Waals surface area contributed by atoms with Crippen molar-refractivity contribution >= 4 is 23.1 Å². The highest BCUT2D eigenvalue weighted by molar-refractivity contribution is 6.30. The minimum Gasteiger partial charge on any atom is -0.340 e. The van der Waals surface area contributed by atoms with Crippen molar-refractivity contribution < 1.29 is 0 Å². The Morgan fingerprint density at radius 2 is 1.72 bits per heavy atom. The number of nitrogens with zero attached hydrogens (tertiary/aromatic N) is 4. The Labute approximate surface area is 150 Å². The normalized spacial score (nSPS) is 10.6. The summed E-state index contributed by atoms with van der Waals surface area (Å²) in [4.78, 5) is 8.61. The quantitative estimate of drug-likeness (QED) is 0.580. The first-order valence-electron chi connectivity index (χ1n) is 7.73. The summed E-state index contributed by atoms with van der Waals surface area (Å²) in [6.45, 7) is 0. The zero-order valence-electron chi connectivity index (χ0n) is 13.2. The van der Waals surface area contributed by atoms with Gasteiger partial charge in [-0.05, 0) is 36.4 Å². The van der Waals surface area contributed by atoms with Crippen LogP contribution in [0.3, 0.4) is 0 Å². The Hall–Kier alpha value is -3.18. The average Bonchev–Trinajstić information content (AvgIpc) is 3.15. The molecule has 0 fully saturated rings. The van der Waals surface area contributed by atoms with Gasteiger partial charge >= 0.3 is 0 Å². The maximum atomic E-state index is 5.91. The van der Waals surface area contributed by atoms with E-state index in [9.17, 15) is 0 Å². The molecule has 0 bridgehead atoms. The first-order valence-corrected chi connectivity index (χ1v) is 8.11. The molecule has 0 aliphatic heterocycles. The molecule has 0 saturated heterocycles. The van der Waals surface area contributed by atoms with Crippen LogP contribution < -0.4 is 5.32 Å². The van der Waals surface area contributed by atoms with Gasteiger partial charge in [-0.15, -0.1) is 0 Å². The third-order valence-electron chi connectivity index (χ3n) is 3.68. The number of para-hydroxylation sites is 1. The van der Waals surface area contributed by atoms with Gasteiger partial charge in [0.25, 0.3) is 0 Å². The van der Waals surface area contributed by atoms with Crippen molar-refractivity contribution in [2.75, 3.05) is 5.32 Å². The molecule has 4 rings (SSSR count). The van der Waals surface area contributed by atoms with Gasteiger partial charge in [0.1, 0.15) is 12.1 Å². The molecule has 0 saturated carbocycles. The van der Waals surface area contributed by atoms with Crippen molar-refractivity contribution in [2.24, 2.45) is 0 Å². The zero-order valence-corrected chi connectivity index (χ0v) is 13.9. The highest BCUT2D eigenvalue weighted by Crippen LogP contribution is 2.22. The number of hydrogen-bond donors (Lipinski definition) is 1. The average molecular weight is 348 g/mol. The molecule has 0 atom stereocenters. The van der Waals surface area contributed by atoms with Gasteiger partial charge in [0, 0.05) is 28.5 Å². The van der Waals surface area contributed by atoms with Crippen LogP contribution in [0.25, 0.3) is 16.9 Å². The minimum atomic E-state index is 0.697. The number of hydrogen-bond acceptors (Lipinski definition) is 4. The first-order chi connectivity index (χ1) is 12.3. The highest BCUT2D eigenvalue weighted by Gasteiger charge is 2.06. The molecule has 0 amide bonds. The zero-order chi connectivity index (χ0) is 17.1. The van der Waals surface area contributed by atoms with Crippen molar-refractivity contribution in [3.63, 3.8) is 0 Å². The van der Waals surface area contributed by atoms with Crippen molar-refractivity contribution in [3.05, 3.63) is 84.4 Å². The summed E-state index contributed by atoms with van der Waals surface area (Å²) in [6.07, 6.45) is 5.28. The Bertz CT molecular complexity index is 980. The van der Waals surface area contributed by atoms with Crippen LogP contribution >= 0.6 is 11.6 Å². The summed E-state index contributed by atoms with van der Waals surface area (Å²) >= 11 is 5.91. The third-order valence-corrected chi connectivity index (χ3v) is 3.93. The van der Waals surface area contributed by atoms with Crippen molar-refractivity contribution in [1.29, 1.82) is 0 Å². The molecule has 4 aromatic rings. The molecule has 0 aliphatic carbocycles. The molecule has 0 aliphatic rings. The molecule has 2 aromatic carbocycles. The smallest absolute Gasteiger partial charge is 0.134 e. The number of aromatic nitrogens is 4. The van der Waals surface area contributed by atoms with Crippen molar-refractivity contribution in [2.45, 2.75) is 0 Å². The lowest BCUT2D eigenvalue weighted by molar-refractivity contribution is 0.880. The predicted molar refractivity (Wildman–Crippen MR) is 99.3 cm³/mol. The SMILES string of the molecule is Clc1ccc(Nc2cc(-c3cnn(-c4ccccc4)c3)ncn2)cc1. The van der Waals surface area contributed by atoms with Crippen LogP contribution in [0.15, 0.2) is 79.4 Å². The van der Waals surface area contributed by atoms with E-state index in [1.807, 2.05) is 71.5 Å². The second-order valence-corrected chi connectivity index (χ2v) is 5.87. The molecule has 6 heteroatoms. The van der Waals surface area contributed by atoms with Gasteiger partial charge < -0.3 is 5.32 Å². The Kier molecular flexibility index (Phi) is 4.14. The molecular formula is C19H14ClN5. The third kappa shape index (κ3) is 3.51. The maximum Gasteiger partial charge on any atom is 0.134 e. The van der Waals surface area contributed by atoms with Crippen LogP contribution in [-0.2, 0) is 0 Å². The van der Waals surface area contributed by atoms with E-state index in [1.54, 1.807) is 6.20 Å². The molecule has 1 N–H and O–H groups in total. The molecule has 5 nitrogen and oxygen atoms in total. The monoisotopic (exact) mass is 347 g/mol. The molecular weight excluding hydrogens is 334 g/mol. The molecule has 0 spiro atoms. The van der Waals surface area contributed by atoms with Crippen LogP contribution in [0.1, 0.15) is 0 Å². The van der Waals surface area contributed by atoms with Crippen molar-refractivity contribution in [1.82, 2.24) is 19.7 Å². The number of benzene rings is 2. The van der Waals surface area contributed by atoms with Gasteiger partial charge in [-0.1, -0.05) is 29.8 Å². The minimum absolute atomic E-state index is 0.697. The van der Waals surface area contributed by atoms with Crippen LogP contribution in [-0.4, -0.2) is 19.7 Å². The first kappa shape index (κ1) is 15.4. The molecule has 2 aromatic heterocycles. The van der Waals surface area contributed by atoms with Gasteiger partial charge in [0.2, 0.25) is 0 Å². The van der Waals surface area contributed by atoms with E-state index in [2.05, 4.69) is 20.4 Å². The van der Waals surface area contributed by atoms with E-state index in [0.717, 1.165) is 22.6 Å². The van der Waals surface area contributed by atoms with Crippen LogP contribution in [0.4, 0.5) is 11.5 Å². The van der Waals surface area contributed by atoms with E-state index < -0.39 is 0 Å². The molecule has 0 radical (unpaired) electrons. The van der Waals surface area contributed by atoms with Gasteiger partial charge in [-0.3, -0.25) is 0 Å². The van der Waals surface area contributed by atoms with Gasteiger partial charge in [0.15, 0.2) is 0 Å². The summed E-state index contributed by atoms with van der Waals surface area (Å²) < 4.78 is 1.82. The highest BCUT2D eigenvalue weighted by atomic mass is 35.5. The van der Waals surface area contributed by atoms with Crippen molar-refractivity contribution in [3.8, 4) is 16.9 Å². The van der Waals surface area contributed by atoms with E-state index in [1.165, 1.54) is 6.33 Å². The molecule has 122 valence electrons. The largest absolute Gasteiger partial charge is 0.340 e. The molecule has 2 heterocycles. The standard InChI is InChI=1S/C19H14ClN5/c20-15-6-8-16(9-7-15)24-19-10-18(21-13-22-19)14-11-23-25(12-14)17-4-2-1-3-5-17/h1-13H,(H,21,22,24). The summed E-state index contributed by atoms with van der Waals surface area (Å²) in [5.41, 5.74) is 3.63. The van der Waals surface area contributed by atoms with Gasteiger partial charge in [-0.2, -0.15) is 5.10 Å². The molecule has 0 unspecified atom stereocenters. The predicted octanol–water partition coefficient (Wildman–Crippen LogP) is 4.73. The molecule has 25 heavy (non-hydrogen) atoms. The fraction of sp³-hybridized carbons (Fsp3) is 0. The number of rotatable bonds is 4. The summed E-state index contributed by atoms with van der Waals surface area (Å²) in [5, 5.41) is 8.35. The number of nitrogens with one attached hydrogen (secondary N) is 1. The summed E-state index contributed by atoms with van der Waals surface area (Å²) in [5.74, 6) is 0.708. The van der Waals surface area contributed by atoms with Crippen LogP contribution in [0.2, 0.25) is 5.02 Å². The van der Waals surface area contributed by atoms with E-state index in [4.69, 9.17) is 11.6 Å². The van der Waals surface area contributed by atoms with Gasteiger partial charge in [0.05, 0.1) is 17.6 Å². The number of halogens is 1. The summed E-state index contributed by atoms with van der Waals surface area (Å²) in [6, 6.07) is 19.3. The van der Waals surface area contributed by atoms with Crippen LogP contribution in [0.5, 0.6) is 0 Å². The number of anilines is 2. The Morgan fingerprint density at radius 3 is 2.52 bits per heavy atom. The summed E-state index contributed by atoms with van der Waals surface area (Å²) in [7, 11) is 0. The maximum absolute atomic E-state index is 5.91. The van der Waals surface area contributed by atoms with E-state index >= 15 is 0 Å². The topological polar surface area (TPSA) is 55.6 Å². The Morgan fingerprint density at radius 1 is 0.920 bits per heavy atom. The van der Waals surface area contributed by atoms with E-state index in [0.29, 0.717) is 10.8 Å². The fourth-order valence-corrected chi connectivity index (χ4v) is 2.57.